The van der Waals surface area contributed by atoms with Crippen LogP contribution in [-0.4, -0.2) is 25.0 Å². The van der Waals surface area contributed by atoms with Crippen molar-refractivity contribution in [3.8, 4) is 0 Å². The zero-order valence-corrected chi connectivity index (χ0v) is 15.6. The summed E-state index contributed by atoms with van der Waals surface area (Å²) >= 11 is 0. The van der Waals surface area contributed by atoms with Gasteiger partial charge in [-0.25, -0.2) is 0 Å². The topological polar surface area (TPSA) is 44.5 Å². The van der Waals surface area contributed by atoms with Crippen LogP contribution >= 0.6 is 0 Å². The Balaban J connectivity index is 1.45. The summed E-state index contributed by atoms with van der Waals surface area (Å²) in [6.45, 7) is 6.72. The van der Waals surface area contributed by atoms with Crippen LogP contribution in [-0.2, 0) is 9.47 Å². The van der Waals surface area contributed by atoms with E-state index in [2.05, 4.69) is 13.8 Å². The lowest BCUT2D eigenvalue weighted by molar-refractivity contribution is -0.247. The summed E-state index contributed by atoms with van der Waals surface area (Å²) in [5.41, 5.74) is 7.12. The smallest absolute Gasteiger partial charge is 0.174 e. The highest BCUT2D eigenvalue weighted by molar-refractivity contribution is 5.12. The van der Waals surface area contributed by atoms with Gasteiger partial charge in [-0.2, -0.15) is 0 Å². The molecule has 3 heteroatoms. The van der Waals surface area contributed by atoms with Crippen LogP contribution in [0.5, 0.6) is 0 Å². The minimum Gasteiger partial charge on any atom is -0.347 e. The fourth-order valence-corrected chi connectivity index (χ4v) is 8.18. The maximum Gasteiger partial charge on any atom is 0.174 e. The van der Waals surface area contributed by atoms with Crippen molar-refractivity contribution in [2.45, 2.75) is 83.5 Å². The fraction of sp³-hybridized carbons (Fsp3) is 1.00. The van der Waals surface area contributed by atoms with Gasteiger partial charge in [0.15, 0.2) is 5.79 Å². The highest BCUT2D eigenvalue weighted by Gasteiger charge is 2.67. The molecule has 1 heterocycles. The first-order valence-corrected chi connectivity index (χ1v) is 10.5. The largest absolute Gasteiger partial charge is 0.347 e. The Morgan fingerprint density at radius 1 is 0.833 bits per heavy atom. The highest BCUT2D eigenvalue weighted by atomic mass is 16.7. The summed E-state index contributed by atoms with van der Waals surface area (Å²) in [4.78, 5) is 0. The molecule has 1 spiro atoms. The van der Waals surface area contributed by atoms with Crippen molar-refractivity contribution >= 4 is 0 Å². The van der Waals surface area contributed by atoms with Crippen molar-refractivity contribution in [3.63, 3.8) is 0 Å². The molecule has 4 saturated carbocycles. The maximum absolute atomic E-state index is 6.32. The summed E-state index contributed by atoms with van der Waals surface area (Å²) in [7, 11) is 0. The molecule has 5 fully saturated rings. The Morgan fingerprint density at radius 2 is 1.58 bits per heavy atom. The monoisotopic (exact) mass is 333 g/mol. The van der Waals surface area contributed by atoms with Gasteiger partial charge < -0.3 is 15.2 Å². The summed E-state index contributed by atoms with van der Waals surface area (Å²) in [5, 5.41) is 0. The average Bonchev–Trinajstić information content (AvgIpc) is 3.15. The molecule has 0 radical (unpaired) electrons. The van der Waals surface area contributed by atoms with E-state index in [1.807, 2.05) is 0 Å². The van der Waals surface area contributed by atoms with Gasteiger partial charge in [-0.3, -0.25) is 0 Å². The van der Waals surface area contributed by atoms with Crippen LogP contribution in [0.2, 0.25) is 0 Å². The molecule has 5 aliphatic rings. The quantitative estimate of drug-likeness (QED) is 0.726. The predicted octanol–water partition coefficient (Wildman–Crippen LogP) is 4.10. The molecule has 24 heavy (non-hydrogen) atoms. The first kappa shape index (κ1) is 16.1. The second-order valence-electron chi connectivity index (χ2n) is 10.1. The molecule has 1 saturated heterocycles. The minimum absolute atomic E-state index is 0.241. The maximum atomic E-state index is 6.32. The van der Waals surface area contributed by atoms with E-state index in [1.54, 1.807) is 0 Å². The van der Waals surface area contributed by atoms with Gasteiger partial charge in [0.2, 0.25) is 0 Å². The van der Waals surface area contributed by atoms with Crippen molar-refractivity contribution < 1.29 is 9.47 Å². The van der Waals surface area contributed by atoms with E-state index in [0.717, 1.165) is 43.3 Å². The second kappa shape index (κ2) is 5.20. The molecule has 2 N–H and O–H groups in total. The zero-order chi connectivity index (χ0) is 16.6. The van der Waals surface area contributed by atoms with Crippen molar-refractivity contribution in [3.05, 3.63) is 0 Å². The lowest BCUT2D eigenvalue weighted by Crippen LogP contribution is -2.57. The van der Waals surface area contributed by atoms with E-state index in [0.29, 0.717) is 11.5 Å². The minimum atomic E-state index is -0.241. The van der Waals surface area contributed by atoms with Gasteiger partial charge in [0.05, 0.1) is 13.2 Å². The molecule has 3 nitrogen and oxygen atoms in total. The van der Waals surface area contributed by atoms with Crippen LogP contribution in [0.1, 0.15) is 71.6 Å². The van der Waals surface area contributed by atoms with Crippen LogP contribution in [0.3, 0.4) is 0 Å². The van der Waals surface area contributed by atoms with Crippen LogP contribution < -0.4 is 5.73 Å². The molecule has 0 aromatic carbocycles. The molecule has 2 unspecified atom stereocenters. The molecule has 7 atom stereocenters. The molecule has 136 valence electrons. The van der Waals surface area contributed by atoms with E-state index >= 15 is 0 Å². The van der Waals surface area contributed by atoms with Crippen molar-refractivity contribution in [2.75, 3.05) is 13.2 Å². The first-order chi connectivity index (χ1) is 11.5. The number of fused-ring (bicyclic) bond motifs is 6. The number of rotatable bonds is 0. The summed E-state index contributed by atoms with van der Waals surface area (Å²) in [6.07, 6.45) is 11.8. The summed E-state index contributed by atoms with van der Waals surface area (Å²) in [5.74, 6) is 3.25. The van der Waals surface area contributed by atoms with Gasteiger partial charge in [-0.1, -0.05) is 13.8 Å². The molecular weight excluding hydrogens is 298 g/mol. The van der Waals surface area contributed by atoms with Crippen LogP contribution in [0.4, 0.5) is 0 Å². The Kier molecular flexibility index (Phi) is 3.49. The van der Waals surface area contributed by atoms with Crippen molar-refractivity contribution in [1.82, 2.24) is 0 Å². The average molecular weight is 334 g/mol. The molecule has 4 aliphatic carbocycles. The highest BCUT2D eigenvalue weighted by Crippen LogP contribution is 2.69. The third-order valence-electron chi connectivity index (χ3n) is 9.50. The fourth-order valence-electron chi connectivity index (χ4n) is 8.18. The summed E-state index contributed by atoms with van der Waals surface area (Å²) < 4.78 is 12.5. The number of ether oxygens (including phenoxy) is 2. The van der Waals surface area contributed by atoms with E-state index < -0.39 is 0 Å². The van der Waals surface area contributed by atoms with E-state index in [9.17, 15) is 0 Å². The normalized spacial score (nSPS) is 55.9. The Bertz CT molecular complexity index is 516. The molecule has 5 rings (SSSR count). The van der Waals surface area contributed by atoms with Crippen LogP contribution in [0.15, 0.2) is 0 Å². The molecule has 1 aliphatic heterocycles. The van der Waals surface area contributed by atoms with E-state index in [1.165, 1.54) is 51.4 Å². The van der Waals surface area contributed by atoms with Crippen LogP contribution in [0, 0.1) is 34.5 Å². The lowest BCUT2D eigenvalue weighted by Gasteiger charge is -2.61. The number of hydrogen-bond donors (Lipinski definition) is 1. The zero-order valence-electron chi connectivity index (χ0n) is 15.6. The van der Waals surface area contributed by atoms with Gasteiger partial charge in [-0.15, -0.1) is 0 Å². The van der Waals surface area contributed by atoms with Gasteiger partial charge >= 0.3 is 0 Å². The van der Waals surface area contributed by atoms with Gasteiger partial charge in [-0.05, 0) is 80.5 Å². The Hall–Kier alpha value is -0.120. The molecule has 0 amide bonds. The Labute approximate surface area is 147 Å². The predicted molar refractivity (Wildman–Crippen MR) is 94.3 cm³/mol. The lowest BCUT2D eigenvalue weighted by atomic mass is 9.45. The van der Waals surface area contributed by atoms with Gasteiger partial charge in [0.25, 0.3) is 0 Å². The molecule has 0 aromatic rings. The van der Waals surface area contributed by atoms with Crippen molar-refractivity contribution in [1.29, 1.82) is 0 Å². The Morgan fingerprint density at radius 3 is 2.38 bits per heavy atom. The van der Waals surface area contributed by atoms with Gasteiger partial charge in [0.1, 0.15) is 0 Å². The van der Waals surface area contributed by atoms with E-state index in [-0.39, 0.29) is 11.2 Å². The standard InChI is InChI=1S/C21H35NO2/c1-19-8-5-15(22)13-14(19)3-4-16-17(19)6-9-20(2)18(16)7-10-21(20)23-11-12-24-21/h14-18H,3-13,22H2,1-2H3/t14?,15?,16-,17+,18+,19+,20+/m1/s1. The van der Waals surface area contributed by atoms with Crippen molar-refractivity contribution in [2.24, 2.45) is 40.2 Å². The molecule has 0 bridgehead atoms. The SMILES string of the molecule is C[C@]12CCC(N)CC1CC[C@@H]1[C@@H]2CC[C@@]2(C)[C@H]1CCC21OCCO1. The van der Waals surface area contributed by atoms with Gasteiger partial charge in [0, 0.05) is 17.9 Å². The second-order valence-corrected chi connectivity index (χ2v) is 10.1. The summed E-state index contributed by atoms with van der Waals surface area (Å²) in [6, 6.07) is 0.462. The van der Waals surface area contributed by atoms with E-state index in [4.69, 9.17) is 15.2 Å². The third-order valence-corrected chi connectivity index (χ3v) is 9.50. The molecular formula is C21H35NO2. The third kappa shape index (κ3) is 1.90. The number of nitrogens with two attached hydrogens (primary N) is 1. The first-order valence-electron chi connectivity index (χ1n) is 10.5. The number of hydrogen-bond acceptors (Lipinski definition) is 3. The molecule has 0 aromatic heterocycles. The van der Waals surface area contributed by atoms with Crippen LogP contribution in [0.25, 0.3) is 0 Å².